The number of fused-ring (bicyclic) bond motifs is 1. The predicted molar refractivity (Wildman–Crippen MR) is 47.5 cm³/mol. The summed E-state index contributed by atoms with van der Waals surface area (Å²) in [7, 11) is 0. The van der Waals surface area contributed by atoms with E-state index in [1.165, 1.54) is 38.6 Å². The molecule has 3 atom stereocenters. The topological polar surface area (TPSA) is 12.0 Å². The molecule has 2 rings (SSSR count). The smallest absolute Gasteiger partial charge is 0.0110 e. The highest BCUT2D eigenvalue weighted by molar-refractivity contribution is 4.93. The minimum Gasteiger partial charge on any atom is -0.313 e. The van der Waals surface area contributed by atoms with Crippen molar-refractivity contribution in [3.63, 3.8) is 0 Å². The van der Waals surface area contributed by atoms with Gasteiger partial charge >= 0.3 is 0 Å². The van der Waals surface area contributed by atoms with E-state index >= 15 is 0 Å². The molecular weight excluding hydrogens is 134 g/mol. The van der Waals surface area contributed by atoms with Crippen LogP contribution < -0.4 is 5.32 Å². The third-order valence-corrected chi connectivity index (χ3v) is 3.44. The molecule has 0 aromatic heterocycles. The van der Waals surface area contributed by atoms with Crippen molar-refractivity contribution in [2.75, 3.05) is 6.54 Å². The zero-order chi connectivity index (χ0) is 7.68. The van der Waals surface area contributed by atoms with E-state index in [9.17, 15) is 0 Å². The van der Waals surface area contributed by atoms with E-state index in [4.69, 9.17) is 0 Å². The van der Waals surface area contributed by atoms with E-state index in [1.54, 1.807) is 0 Å². The third-order valence-electron chi connectivity index (χ3n) is 3.44. The standard InChI is InChI=1S/C10H19N/c1-2-3-8-4-5-9-7-11-10(9)6-8/h8-11H,2-7H2,1H3. The van der Waals surface area contributed by atoms with Crippen LogP contribution in [0.4, 0.5) is 0 Å². The van der Waals surface area contributed by atoms with Crippen molar-refractivity contribution in [2.24, 2.45) is 11.8 Å². The van der Waals surface area contributed by atoms with Gasteiger partial charge in [-0.05, 0) is 31.2 Å². The quantitative estimate of drug-likeness (QED) is 0.641. The van der Waals surface area contributed by atoms with E-state index < -0.39 is 0 Å². The van der Waals surface area contributed by atoms with Gasteiger partial charge in [0.2, 0.25) is 0 Å². The Morgan fingerprint density at radius 3 is 2.82 bits per heavy atom. The number of rotatable bonds is 2. The molecule has 1 saturated carbocycles. The molecule has 3 unspecified atom stereocenters. The molecule has 1 heterocycles. The van der Waals surface area contributed by atoms with Gasteiger partial charge in [0.1, 0.15) is 0 Å². The zero-order valence-corrected chi connectivity index (χ0v) is 7.47. The summed E-state index contributed by atoms with van der Waals surface area (Å²) in [6, 6.07) is 0.917. The number of hydrogen-bond acceptors (Lipinski definition) is 1. The maximum absolute atomic E-state index is 3.54. The van der Waals surface area contributed by atoms with Gasteiger partial charge in [0.15, 0.2) is 0 Å². The van der Waals surface area contributed by atoms with E-state index in [1.807, 2.05) is 0 Å². The fourth-order valence-electron chi connectivity index (χ4n) is 2.63. The average molecular weight is 153 g/mol. The minimum atomic E-state index is 0.917. The van der Waals surface area contributed by atoms with E-state index in [0.29, 0.717) is 0 Å². The van der Waals surface area contributed by atoms with Crippen LogP contribution in [-0.4, -0.2) is 12.6 Å². The van der Waals surface area contributed by atoms with Gasteiger partial charge in [0.05, 0.1) is 0 Å². The molecular formula is C10H19N. The molecule has 0 aromatic carbocycles. The summed E-state index contributed by atoms with van der Waals surface area (Å²) in [5, 5.41) is 3.54. The van der Waals surface area contributed by atoms with Gasteiger partial charge in [-0.1, -0.05) is 26.2 Å². The van der Waals surface area contributed by atoms with Gasteiger partial charge in [-0.15, -0.1) is 0 Å². The highest BCUT2D eigenvalue weighted by Gasteiger charge is 2.35. The van der Waals surface area contributed by atoms with Crippen molar-refractivity contribution < 1.29 is 0 Å². The monoisotopic (exact) mass is 153 g/mol. The summed E-state index contributed by atoms with van der Waals surface area (Å²) < 4.78 is 0. The Labute approximate surface area is 69.6 Å². The predicted octanol–water partition coefficient (Wildman–Crippen LogP) is 2.17. The summed E-state index contributed by atoms with van der Waals surface area (Å²) in [5.41, 5.74) is 0. The van der Waals surface area contributed by atoms with Crippen molar-refractivity contribution in [1.82, 2.24) is 5.32 Å². The Morgan fingerprint density at radius 2 is 2.27 bits per heavy atom. The Balaban J connectivity index is 1.79. The van der Waals surface area contributed by atoms with Crippen LogP contribution in [0.25, 0.3) is 0 Å². The lowest BCUT2D eigenvalue weighted by molar-refractivity contribution is 0.122. The van der Waals surface area contributed by atoms with Gasteiger partial charge in [-0.2, -0.15) is 0 Å². The van der Waals surface area contributed by atoms with Crippen LogP contribution >= 0.6 is 0 Å². The molecule has 64 valence electrons. The van der Waals surface area contributed by atoms with E-state index in [-0.39, 0.29) is 0 Å². The molecule has 0 amide bonds. The van der Waals surface area contributed by atoms with Gasteiger partial charge in [0, 0.05) is 6.04 Å². The van der Waals surface area contributed by atoms with Gasteiger partial charge in [-0.25, -0.2) is 0 Å². The molecule has 2 aliphatic rings. The first kappa shape index (κ1) is 7.60. The first-order valence-electron chi connectivity index (χ1n) is 5.13. The van der Waals surface area contributed by atoms with Gasteiger partial charge in [0.25, 0.3) is 0 Å². The lowest BCUT2D eigenvalue weighted by Gasteiger charge is -2.44. The first-order valence-corrected chi connectivity index (χ1v) is 5.13. The maximum Gasteiger partial charge on any atom is 0.0110 e. The lowest BCUT2D eigenvalue weighted by Crippen LogP contribution is -2.55. The Hall–Kier alpha value is -0.0400. The van der Waals surface area contributed by atoms with Crippen LogP contribution in [0, 0.1) is 11.8 Å². The molecule has 1 heteroatoms. The van der Waals surface area contributed by atoms with Crippen LogP contribution in [0.3, 0.4) is 0 Å². The third kappa shape index (κ3) is 1.44. The molecule has 1 aliphatic carbocycles. The van der Waals surface area contributed by atoms with Gasteiger partial charge < -0.3 is 5.32 Å². The van der Waals surface area contributed by atoms with Crippen LogP contribution in [-0.2, 0) is 0 Å². The largest absolute Gasteiger partial charge is 0.313 e. The fourth-order valence-corrected chi connectivity index (χ4v) is 2.63. The van der Waals surface area contributed by atoms with Crippen molar-refractivity contribution in [3.05, 3.63) is 0 Å². The van der Waals surface area contributed by atoms with Crippen LogP contribution in [0.1, 0.15) is 39.0 Å². The molecule has 0 bridgehead atoms. The molecule has 0 aromatic rings. The second-order valence-electron chi connectivity index (χ2n) is 4.24. The summed E-state index contributed by atoms with van der Waals surface area (Å²) in [4.78, 5) is 0. The van der Waals surface area contributed by atoms with Crippen LogP contribution in [0.5, 0.6) is 0 Å². The van der Waals surface area contributed by atoms with Crippen molar-refractivity contribution in [1.29, 1.82) is 0 Å². The highest BCUT2D eigenvalue weighted by atomic mass is 15.0. The normalized spacial score (nSPS) is 42.8. The highest BCUT2D eigenvalue weighted by Crippen LogP contribution is 2.35. The van der Waals surface area contributed by atoms with E-state index in [2.05, 4.69) is 12.2 Å². The summed E-state index contributed by atoms with van der Waals surface area (Å²) >= 11 is 0. The van der Waals surface area contributed by atoms with Crippen molar-refractivity contribution in [2.45, 2.75) is 45.1 Å². The number of nitrogens with one attached hydrogen (secondary N) is 1. The molecule has 0 spiro atoms. The second-order valence-corrected chi connectivity index (χ2v) is 4.24. The maximum atomic E-state index is 3.54. The lowest BCUT2D eigenvalue weighted by atomic mass is 9.73. The average Bonchev–Trinajstić information content (AvgIpc) is 1.96. The summed E-state index contributed by atoms with van der Waals surface area (Å²) in [6.45, 7) is 3.61. The Morgan fingerprint density at radius 1 is 1.36 bits per heavy atom. The van der Waals surface area contributed by atoms with Gasteiger partial charge in [-0.3, -0.25) is 0 Å². The van der Waals surface area contributed by atoms with Crippen molar-refractivity contribution >= 4 is 0 Å². The summed E-state index contributed by atoms with van der Waals surface area (Å²) in [6.07, 6.45) is 7.32. The zero-order valence-electron chi connectivity index (χ0n) is 7.47. The Kier molecular flexibility index (Phi) is 2.17. The Bertz CT molecular complexity index is 133. The molecule has 11 heavy (non-hydrogen) atoms. The fraction of sp³-hybridized carbons (Fsp3) is 1.00. The van der Waals surface area contributed by atoms with Crippen LogP contribution in [0.2, 0.25) is 0 Å². The first-order chi connectivity index (χ1) is 5.40. The molecule has 1 aliphatic heterocycles. The molecule has 1 N–H and O–H groups in total. The molecule has 0 radical (unpaired) electrons. The molecule has 2 fully saturated rings. The second kappa shape index (κ2) is 3.14. The number of hydrogen-bond donors (Lipinski definition) is 1. The molecule has 1 saturated heterocycles. The minimum absolute atomic E-state index is 0.917. The van der Waals surface area contributed by atoms with Crippen LogP contribution in [0.15, 0.2) is 0 Å². The van der Waals surface area contributed by atoms with Crippen molar-refractivity contribution in [3.8, 4) is 0 Å². The SMILES string of the molecule is CCCC1CCC2CNC2C1. The summed E-state index contributed by atoms with van der Waals surface area (Å²) in [5.74, 6) is 2.11. The van der Waals surface area contributed by atoms with E-state index in [0.717, 1.165) is 17.9 Å². The molecule has 1 nitrogen and oxygen atoms in total.